The average molecular weight is 313 g/mol. The van der Waals surface area contributed by atoms with E-state index in [0.717, 1.165) is 39.0 Å². The van der Waals surface area contributed by atoms with Gasteiger partial charge in [0.05, 0.1) is 5.56 Å². The zero-order valence-electron chi connectivity index (χ0n) is 12.3. The lowest BCUT2D eigenvalue weighted by atomic mass is 10.1. The summed E-state index contributed by atoms with van der Waals surface area (Å²) in [6, 6.07) is 13.8. The van der Waals surface area contributed by atoms with Gasteiger partial charge in [-0.25, -0.2) is 0 Å². The molecule has 0 spiro atoms. The molecule has 0 fully saturated rings. The Labute approximate surface area is 134 Å². The van der Waals surface area contributed by atoms with Crippen molar-refractivity contribution in [2.75, 3.05) is 6.54 Å². The number of aryl methyl sites for hydroxylation is 1. The number of hydrogen-bond acceptors (Lipinski definition) is 2. The minimum Gasteiger partial charge on any atom is -0.494 e. The van der Waals surface area contributed by atoms with E-state index in [1.165, 1.54) is 0 Å². The van der Waals surface area contributed by atoms with Gasteiger partial charge in [-0.3, -0.25) is 4.99 Å². The first-order valence-corrected chi connectivity index (χ1v) is 7.57. The number of hydrogen-bond donors (Lipinski definition) is 2. The maximum atomic E-state index is 10.0. The van der Waals surface area contributed by atoms with Crippen LogP contribution in [0.15, 0.2) is 47.5 Å². The van der Waals surface area contributed by atoms with Crippen molar-refractivity contribution in [1.82, 2.24) is 4.98 Å². The number of aliphatic imine (C=N–C) groups is 1. The van der Waals surface area contributed by atoms with Gasteiger partial charge in [-0.2, -0.15) is 0 Å². The third kappa shape index (κ3) is 3.15. The highest BCUT2D eigenvalue weighted by Crippen LogP contribution is 2.26. The van der Waals surface area contributed by atoms with Crippen LogP contribution in [-0.2, 0) is 6.42 Å². The van der Waals surface area contributed by atoms with Crippen molar-refractivity contribution in [2.24, 2.45) is 4.99 Å². The van der Waals surface area contributed by atoms with Gasteiger partial charge in [0.25, 0.3) is 0 Å². The summed E-state index contributed by atoms with van der Waals surface area (Å²) in [5.74, 6) is 0.159. The zero-order valence-corrected chi connectivity index (χ0v) is 13.1. The quantitative estimate of drug-likeness (QED) is 0.685. The number of rotatable bonds is 4. The molecule has 2 aromatic carbocycles. The van der Waals surface area contributed by atoms with E-state index in [4.69, 9.17) is 11.6 Å². The molecule has 0 aliphatic rings. The number of nitrogens with one attached hydrogen (secondary N) is 1. The Hall–Kier alpha value is -2.26. The number of aromatic amines is 1. The van der Waals surface area contributed by atoms with Gasteiger partial charge >= 0.3 is 0 Å². The van der Waals surface area contributed by atoms with Gasteiger partial charge in [0.2, 0.25) is 0 Å². The molecule has 0 aliphatic heterocycles. The number of benzene rings is 2. The number of halogens is 1. The monoisotopic (exact) mass is 312 g/mol. The molecular weight excluding hydrogens is 296 g/mol. The number of nitrogens with zero attached hydrogens (tertiary/aromatic N) is 1. The van der Waals surface area contributed by atoms with Crippen LogP contribution < -0.4 is 0 Å². The molecule has 3 aromatic rings. The van der Waals surface area contributed by atoms with Gasteiger partial charge in [-0.05, 0) is 43.2 Å². The molecule has 0 aliphatic carbocycles. The van der Waals surface area contributed by atoms with Crippen molar-refractivity contribution in [3.8, 4) is 5.88 Å². The molecule has 1 aromatic heterocycles. The molecule has 4 heteroatoms. The fourth-order valence-corrected chi connectivity index (χ4v) is 2.70. The van der Waals surface area contributed by atoms with Crippen LogP contribution in [0.1, 0.15) is 16.7 Å². The van der Waals surface area contributed by atoms with Gasteiger partial charge in [0.1, 0.15) is 0 Å². The summed E-state index contributed by atoms with van der Waals surface area (Å²) in [5.41, 5.74) is 3.97. The van der Waals surface area contributed by atoms with Crippen LogP contribution in [0.25, 0.3) is 10.9 Å². The Morgan fingerprint density at radius 1 is 1.23 bits per heavy atom. The zero-order chi connectivity index (χ0) is 15.5. The van der Waals surface area contributed by atoms with Gasteiger partial charge in [0.15, 0.2) is 5.88 Å². The minimum atomic E-state index is 0.159. The van der Waals surface area contributed by atoms with Crippen LogP contribution in [0, 0.1) is 6.92 Å². The second-order valence-electron chi connectivity index (χ2n) is 5.35. The lowest BCUT2D eigenvalue weighted by Gasteiger charge is -1.99. The normalized spacial score (nSPS) is 11.5. The van der Waals surface area contributed by atoms with Crippen LogP contribution in [0.2, 0.25) is 5.02 Å². The smallest absolute Gasteiger partial charge is 0.198 e. The Balaban J connectivity index is 1.75. The lowest BCUT2D eigenvalue weighted by Crippen LogP contribution is -1.90. The van der Waals surface area contributed by atoms with Crippen LogP contribution >= 0.6 is 11.6 Å². The highest BCUT2D eigenvalue weighted by molar-refractivity contribution is 6.30. The van der Waals surface area contributed by atoms with E-state index < -0.39 is 0 Å². The summed E-state index contributed by atoms with van der Waals surface area (Å²) in [4.78, 5) is 7.40. The van der Waals surface area contributed by atoms with Gasteiger partial charge in [-0.15, -0.1) is 0 Å². The SMILES string of the molecule is Cc1ccc2[nH]c(O)c(C=NCCc3cccc(Cl)c3)c2c1. The Kier molecular flexibility index (Phi) is 4.16. The molecule has 0 atom stereocenters. The molecule has 0 bridgehead atoms. The minimum absolute atomic E-state index is 0.159. The molecule has 1 heterocycles. The molecule has 0 saturated carbocycles. The molecule has 112 valence electrons. The van der Waals surface area contributed by atoms with Crippen molar-refractivity contribution >= 4 is 28.7 Å². The Morgan fingerprint density at radius 2 is 2.09 bits per heavy atom. The van der Waals surface area contributed by atoms with Gasteiger partial charge in [0, 0.05) is 28.7 Å². The second kappa shape index (κ2) is 6.24. The second-order valence-corrected chi connectivity index (χ2v) is 5.79. The van der Waals surface area contributed by atoms with E-state index in [2.05, 4.69) is 9.98 Å². The molecule has 3 nitrogen and oxygen atoms in total. The van der Waals surface area contributed by atoms with Crippen molar-refractivity contribution in [3.05, 3.63) is 64.2 Å². The van der Waals surface area contributed by atoms with E-state index in [1.54, 1.807) is 6.21 Å². The van der Waals surface area contributed by atoms with Crippen molar-refractivity contribution in [3.63, 3.8) is 0 Å². The molecule has 0 unspecified atom stereocenters. The maximum Gasteiger partial charge on any atom is 0.198 e. The van der Waals surface area contributed by atoms with E-state index in [9.17, 15) is 5.11 Å². The first-order chi connectivity index (χ1) is 10.6. The fraction of sp³-hybridized carbons (Fsp3) is 0.167. The van der Waals surface area contributed by atoms with E-state index in [-0.39, 0.29) is 5.88 Å². The summed E-state index contributed by atoms with van der Waals surface area (Å²) >= 11 is 5.96. The summed E-state index contributed by atoms with van der Waals surface area (Å²) in [6.45, 7) is 2.68. The molecule has 2 N–H and O–H groups in total. The topological polar surface area (TPSA) is 48.4 Å². The third-order valence-corrected chi connectivity index (χ3v) is 3.85. The standard InChI is InChI=1S/C18H17ClN2O/c1-12-5-6-17-15(9-12)16(18(22)21-17)11-20-8-7-13-3-2-4-14(19)10-13/h2-6,9-11,21-22H,7-8H2,1H3. The van der Waals surface area contributed by atoms with E-state index in [1.807, 2.05) is 49.4 Å². The molecule has 0 saturated heterocycles. The summed E-state index contributed by atoms with van der Waals surface area (Å²) in [6.07, 6.45) is 2.55. The average Bonchev–Trinajstić information content (AvgIpc) is 2.79. The van der Waals surface area contributed by atoms with E-state index >= 15 is 0 Å². The maximum absolute atomic E-state index is 10.0. The lowest BCUT2D eigenvalue weighted by molar-refractivity contribution is 0.457. The Morgan fingerprint density at radius 3 is 2.91 bits per heavy atom. The summed E-state index contributed by atoms with van der Waals surface area (Å²) in [7, 11) is 0. The van der Waals surface area contributed by atoms with Crippen molar-refractivity contribution in [2.45, 2.75) is 13.3 Å². The highest BCUT2D eigenvalue weighted by Gasteiger charge is 2.08. The molecule has 3 rings (SSSR count). The van der Waals surface area contributed by atoms with Gasteiger partial charge < -0.3 is 10.1 Å². The highest BCUT2D eigenvalue weighted by atomic mass is 35.5. The molecular formula is C18H17ClN2O. The Bertz CT molecular complexity index is 836. The van der Waals surface area contributed by atoms with Crippen LogP contribution in [-0.4, -0.2) is 22.8 Å². The van der Waals surface area contributed by atoms with Crippen LogP contribution in [0.5, 0.6) is 5.88 Å². The summed E-state index contributed by atoms with van der Waals surface area (Å²) < 4.78 is 0. The largest absolute Gasteiger partial charge is 0.494 e. The predicted octanol–water partition coefficient (Wildman–Crippen LogP) is 4.50. The molecule has 22 heavy (non-hydrogen) atoms. The van der Waals surface area contributed by atoms with E-state index in [0.29, 0.717) is 6.54 Å². The number of H-pyrrole nitrogens is 1. The number of fused-ring (bicyclic) bond motifs is 1. The number of aromatic hydroxyl groups is 1. The first-order valence-electron chi connectivity index (χ1n) is 7.19. The molecule has 0 radical (unpaired) electrons. The summed E-state index contributed by atoms with van der Waals surface area (Å²) in [5, 5.41) is 11.7. The molecule has 0 amide bonds. The van der Waals surface area contributed by atoms with Crippen LogP contribution in [0.3, 0.4) is 0 Å². The third-order valence-electron chi connectivity index (χ3n) is 3.61. The van der Waals surface area contributed by atoms with Crippen molar-refractivity contribution in [1.29, 1.82) is 0 Å². The predicted molar refractivity (Wildman–Crippen MR) is 92.3 cm³/mol. The fourth-order valence-electron chi connectivity index (χ4n) is 2.49. The van der Waals surface area contributed by atoms with Crippen LogP contribution in [0.4, 0.5) is 0 Å². The first kappa shape index (κ1) is 14.7. The number of aromatic nitrogens is 1. The van der Waals surface area contributed by atoms with Crippen molar-refractivity contribution < 1.29 is 5.11 Å². The van der Waals surface area contributed by atoms with Gasteiger partial charge in [-0.1, -0.05) is 35.4 Å².